The average Bonchev–Trinajstić information content (AvgIpc) is 3.00. The van der Waals surface area contributed by atoms with Crippen LogP contribution in [0.2, 0.25) is 0 Å². The summed E-state index contributed by atoms with van der Waals surface area (Å²) in [5.74, 6) is 0.0996. The van der Waals surface area contributed by atoms with Crippen LogP contribution in [0.25, 0.3) is 0 Å². The van der Waals surface area contributed by atoms with Crippen LogP contribution in [0.4, 0.5) is 18.9 Å². The van der Waals surface area contributed by atoms with Gasteiger partial charge in [0, 0.05) is 18.6 Å². The fraction of sp³-hybridized carbons (Fsp3) is 0.188. The Balaban J connectivity index is 2.07. The highest BCUT2D eigenvalue weighted by atomic mass is 32.2. The summed E-state index contributed by atoms with van der Waals surface area (Å²) in [6.45, 7) is 0. The molecule has 0 saturated carbocycles. The monoisotopic (exact) mass is 368 g/mol. The zero-order chi connectivity index (χ0) is 18.2. The fourth-order valence-corrected chi connectivity index (χ4v) is 3.00. The van der Waals surface area contributed by atoms with E-state index in [1.165, 1.54) is 41.2 Å². The van der Waals surface area contributed by atoms with Gasteiger partial charge in [0.15, 0.2) is 9.84 Å². The van der Waals surface area contributed by atoms with Crippen molar-refractivity contribution >= 4 is 27.6 Å². The van der Waals surface area contributed by atoms with E-state index in [2.05, 4.69) is 9.98 Å². The number of nitrogens with zero attached hydrogens (tertiary/aromatic N) is 3. The maximum absolute atomic E-state index is 13.1. The minimum Gasteiger partial charge on any atom is -0.264 e. The lowest BCUT2D eigenvalue weighted by atomic mass is 10.2. The number of hydrogen-bond donors (Lipinski definition) is 0. The molecule has 1 aromatic heterocycles. The van der Waals surface area contributed by atoms with Gasteiger partial charge in [-0.15, -0.1) is 0 Å². The van der Waals surface area contributed by atoms with Gasteiger partial charge >= 0.3 is 12.0 Å². The summed E-state index contributed by atoms with van der Waals surface area (Å²) >= 11 is 0. The van der Waals surface area contributed by atoms with E-state index in [1.807, 2.05) is 0 Å². The largest absolute Gasteiger partial charge is 0.440 e. The first kappa shape index (κ1) is 17.3. The Hall–Kier alpha value is -2.55. The quantitative estimate of drug-likeness (QED) is 0.783. The molecule has 2 heterocycles. The van der Waals surface area contributed by atoms with Crippen LogP contribution in [0.5, 0.6) is 0 Å². The number of aromatic nitrogens is 1. The summed E-state index contributed by atoms with van der Waals surface area (Å²) < 4.78 is 63.7. The van der Waals surface area contributed by atoms with Gasteiger partial charge in [0.1, 0.15) is 11.9 Å². The van der Waals surface area contributed by atoms with Gasteiger partial charge in [-0.2, -0.15) is 17.7 Å². The van der Waals surface area contributed by atoms with E-state index in [0.29, 0.717) is 11.3 Å². The summed E-state index contributed by atoms with van der Waals surface area (Å²) in [4.78, 5) is 7.76. The van der Waals surface area contributed by atoms with Crippen LogP contribution >= 0.6 is 0 Å². The molecular formula is C16H13F3N3O2S+. The predicted molar refractivity (Wildman–Crippen MR) is 86.2 cm³/mol. The van der Waals surface area contributed by atoms with E-state index in [1.54, 1.807) is 12.1 Å². The minimum atomic E-state index is -4.52. The number of alkyl halides is 3. The molecule has 1 atom stereocenters. The SMILES string of the molecule is CS(=O)(=O)c1ccc([N+]2=CC(C(F)(F)F)N=C2c2cccnc2)cc1. The lowest BCUT2D eigenvalue weighted by molar-refractivity contribution is -0.297. The summed E-state index contributed by atoms with van der Waals surface area (Å²) in [6, 6.07) is 6.81. The highest BCUT2D eigenvalue weighted by molar-refractivity contribution is 7.90. The Kier molecular flexibility index (Phi) is 4.19. The third kappa shape index (κ3) is 3.60. The molecule has 1 aliphatic heterocycles. The summed E-state index contributed by atoms with van der Waals surface area (Å²) in [7, 11) is -3.39. The maximum atomic E-state index is 13.1. The molecule has 0 aliphatic carbocycles. The second-order valence-electron chi connectivity index (χ2n) is 5.47. The number of halogens is 3. The van der Waals surface area contributed by atoms with Crippen molar-refractivity contribution < 1.29 is 26.2 Å². The Morgan fingerprint density at radius 2 is 1.80 bits per heavy atom. The van der Waals surface area contributed by atoms with E-state index >= 15 is 0 Å². The molecule has 1 unspecified atom stereocenters. The third-order valence-electron chi connectivity index (χ3n) is 3.58. The number of rotatable bonds is 3. The summed E-state index contributed by atoms with van der Waals surface area (Å²) in [6.07, 6.45) is 0.428. The molecule has 1 aromatic carbocycles. The first-order chi connectivity index (χ1) is 11.7. The Morgan fingerprint density at radius 3 is 2.32 bits per heavy atom. The Labute approximate surface area is 142 Å². The molecule has 0 radical (unpaired) electrons. The molecule has 2 aromatic rings. The second-order valence-corrected chi connectivity index (χ2v) is 7.48. The van der Waals surface area contributed by atoms with Crippen LogP contribution in [-0.2, 0) is 9.84 Å². The number of hydrogen-bond acceptors (Lipinski definition) is 4. The Morgan fingerprint density at radius 1 is 1.12 bits per heavy atom. The summed E-state index contributed by atoms with van der Waals surface area (Å²) in [5, 5.41) is 0. The zero-order valence-electron chi connectivity index (χ0n) is 13.0. The molecular weight excluding hydrogens is 355 g/mol. The zero-order valence-corrected chi connectivity index (χ0v) is 13.8. The van der Waals surface area contributed by atoms with E-state index in [4.69, 9.17) is 0 Å². The maximum Gasteiger partial charge on any atom is 0.440 e. The van der Waals surface area contributed by atoms with Crippen molar-refractivity contribution in [3.05, 3.63) is 54.4 Å². The average molecular weight is 368 g/mol. The molecule has 0 fully saturated rings. The van der Waals surface area contributed by atoms with Crippen LogP contribution < -0.4 is 0 Å². The van der Waals surface area contributed by atoms with E-state index in [-0.39, 0.29) is 10.7 Å². The standard InChI is InChI=1S/C16H13F3N3O2S/c1-25(23,24)13-6-4-12(5-7-13)22-10-14(16(17,18)19)21-15(22)11-3-2-8-20-9-11/h2-10,14H,1H3/q+1. The van der Waals surface area contributed by atoms with Gasteiger partial charge in [0.05, 0.1) is 10.5 Å². The minimum absolute atomic E-state index is 0.0858. The lowest BCUT2D eigenvalue weighted by Crippen LogP contribution is -2.27. The van der Waals surface area contributed by atoms with Gasteiger partial charge in [0.25, 0.3) is 6.04 Å². The van der Waals surface area contributed by atoms with Crippen molar-refractivity contribution in [1.29, 1.82) is 0 Å². The number of amidine groups is 1. The van der Waals surface area contributed by atoms with Crippen LogP contribution in [-0.4, -0.2) is 48.5 Å². The van der Waals surface area contributed by atoms with Gasteiger partial charge in [-0.1, -0.05) is 4.99 Å². The van der Waals surface area contributed by atoms with Crippen molar-refractivity contribution in [2.24, 2.45) is 4.99 Å². The molecule has 3 rings (SSSR count). The number of sulfone groups is 1. The number of aliphatic imine (C=N–C) groups is 1. The van der Waals surface area contributed by atoms with E-state index in [9.17, 15) is 21.6 Å². The van der Waals surface area contributed by atoms with Gasteiger partial charge < -0.3 is 0 Å². The topological polar surface area (TPSA) is 62.4 Å². The van der Waals surface area contributed by atoms with Crippen LogP contribution in [0.3, 0.4) is 0 Å². The number of benzene rings is 1. The van der Waals surface area contributed by atoms with Gasteiger partial charge in [-0.3, -0.25) is 4.98 Å². The van der Waals surface area contributed by atoms with Crippen molar-refractivity contribution in [3.8, 4) is 0 Å². The molecule has 9 heteroatoms. The van der Waals surface area contributed by atoms with Gasteiger partial charge in [0.2, 0.25) is 0 Å². The molecule has 0 saturated heterocycles. The van der Waals surface area contributed by atoms with E-state index in [0.717, 1.165) is 12.5 Å². The van der Waals surface area contributed by atoms with Crippen LogP contribution in [0.15, 0.2) is 58.7 Å². The molecule has 1 aliphatic rings. The highest BCUT2D eigenvalue weighted by Crippen LogP contribution is 2.28. The molecule has 130 valence electrons. The molecule has 25 heavy (non-hydrogen) atoms. The smallest absolute Gasteiger partial charge is 0.264 e. The summed E-state index contributed by atoms with van der Waals surface area (Å²) in [5.41, 5.74) is 0.805. The van der Waals surface area contributed by atoms with Crippen molar-refractivity contribution in [1.82, 2.24) is 4.98 Å². The molecule has 5 nitrogen and oxygen atoms in total. The van der Waals surface area contributed by atoms with Crippen LogP contribution in [0.1, 0.15) is 5.56 Å². The fourth-order valence-electron chi connectivity index (χ4n) is 2.37. The lowest BCUT2D eigenvalue weighted by Gasteiger charge is -2.04. The van der Waals surface area contributed by atoms with Crippen LogP contribution in [0, 0.1) is 0 Å². The normalized spacial score (nSPS) is 18.0. The highest BCUT2D eigenvalue weighted by Gasteiger charge is 2.49. The molecule has 0 amide bonds. The predicted octanol–water partition coefficient (Wildman–Crippen LogP) is 2.59. The molecule has 0 bridgehead atoms. The van der Waals surface area contributed by atoms with Crippen molar-refractivity contribution in [2.75, 3.05) is 6.26 Å². The molecule has 0 spiro atoms. The molecule has 0 N–H and O–H groups in total. The first-order valence-corrected chi connectivity index (χ1v) is 9.05. The first-order valence-electron chi connectivity index (χ1n) is 7.15. The van der Waals surface area contributed by atoms with Crippen molar-refractivity contribution in [3.63, 3.8) is 0 Å². The van der Waals surface area contributed by atoms with Crippen molar-refractivity contribution in [2.45, 2.75) is 17.1 Å². The number of pyridine rings is 1. The second kappa shape index (κ2) is 6.07. The third-order valence-corrected chi connectivity index (χ3v) is 4.71. The van der Waals surface area contributed by atoms with Gasteiger partial charge in [-0.25, -0.2) is 8.42 Å². The van der Waals surface area contributed by atoms with E-state index < -0.39 is 22.1 Å². The van der Waals surface area contributed by atoms with Gasteiger partial charge in [-0.05, 0) is 36.4 Å². The Bertz CT molecular complexity index is 950.